The molecule has 0 saturated carbocycles. The summed E-state index contributed by atoms with van der Waals surface area (Å²) >= 11 is 0. The largest absolute Gasteiger partial charge is 0.323 e. The van der Waals surface area contributed by atoms with Crippen LogP contribution in [0.15, 0.2) is 18.2 Å². The van der Waals surface area contributed by atoms with E-state index in [-0.39, 0.29) is 5.56 Å². The highest BCUT2D eigenvalue weighted by Crippen LogP contribution is 2.23. The zero-order valence-corrected chi connectivity index (χ0v) is 12.3. The first-order chi connectivity index (χ1) is 10.1. The van der Waals surface area contributed by atoms with Crippen molar-refractivity contribution in [3.8, 4) is 0 Å². The number of rotatable bonds is 3. The van der Waals surface area contributed by atoms with E-state index in [2.05, 4.69) is 9.80 Å². The third kappa shape index (κ3) is 3.25. The van der Waals surface area contributed by atoms with Gasteiger partial charge in [-0.05, 0) is 25.5 Å². The van der Waals surface area contributed by atoms with Crippen molar-refractivity contribution >= 4 is 0 Å². The second-order valence-electron chi connectivity index (χ2n) is 6.19. The van der Waals surface area contributed by atoms with Gasteiger partial charge in [0, 0.05) is 43.8 Å². The summed E-state index contributed by atoms with van der Waals surface area (Å²) < 4.78 is 27.1. The Kier molecular flexibility index (Phi) is 4.52. The first-order valence-electron chi connectivity index (χ1n) is 7.81. The molecule has 2 saturated heterocycles. The van der Waals surface area contributed by atoms with E-state index in [0.717, 1.165) is 25.7 Å². The van der Waals surface area contributed by atoms with Crippen molar-refractivity contribution in [1.82, 2.24) is 9.80 Å². The lowest BCUT2D eigenvalue weighted by Gasteiger charge is -2.44. The Balaban J connectivity index is 1.62. The van der Waals surface area contributed by atoms with Crippen LogP contribution in [0.5, 0.6) is 0 Å². The van der Waals surface area contributed by atoms with E-state index in [9.17, 15) is 8.78 Å². The monoisotopic (exact) mass is 295 g/mol. The molecular formula is C16H23F2N3. The maximum absolute atomic E-state index is 13.8. The molecule has 2 unspecified atom stereocenters. The van der Waals surface area contributed by atoms with Gasteiger partial charge in [-0.15, -0.1) is 0 Å². The predicted octanol–water partition coefficient (Wildman–Crippen LogP) is 2.13. The van der Waals surface area contributed by atoms with Crippen LogP contribution >= 0.6 is 0 Å². The minimum atomic E-state index is -0.819. The third-order valence-corrected chi connectivity index (χ3v) is 4.76. The van der Waals surface area contributed by atoms with E-state index in [1.54, 1.807) is 6.07 Å². The van der Waals surface area contributed by atoms with Crippen LogP contribution in [0.1, 0.15) is 30.9 Å². The number of benzene rings is 1. The standard InChI is InChI=1S/C16H23F2N3/c17-14-6-3-5-13(16(14)18)15(19)11-20-8-9-21-7-2-1-4-12(21)10-20/h3,5-6,12,15H,1-2,4,7-11,19H2. The first kappa shape index (κ1) is 14.9. The molecular weight excluding hydrogens is 272 g/mol. The molecule has 21 heavy (non-hydrogen) atoms. The Morgan fingerprint density at radius 2 is 2.05 bits per heavy atom. The Labute approximate surface area is 124 Å². The van der Waals surface area contributed by atoms with E-state index < -0.39 is 17.7 Å². The number of piperidine rings is 1. The van der Waals surface area contributed by atoms with Gasteiger partial charge in [0.25, 0.3) is 0 Å². The molecule has 0 aromatic heterocycles. The van der Waals surface area contributed by atoms with E-state index in [1.165, 1.54) is 31.9 Å². The van der Waals surface area contributed by atoms with Crippen LogP contribution in [-0.4, -0.2) is 48.6 Å². The number of piperazine rings is 1. The molecule has 2 fully saturated rings. The molecule has 116 valence electrons. The lowest BCUT2D eigenvalue weighted by molar-refractivity contribution is 0.0465. The summed E-state index contributed by atoms with van der Waals surface area (Å²) in [5.41, 5.74) is 6.38. The highest BCUT2D eigenvalue weighted by molar-refractivity contribution is 5.22. The fourth-order valence-corrected chi connectivity index (χ4v) is 3.57. The van der Waals surface area contributed by atoms with E-state index in [4.69, 9.17) is 5.73 Å². The molecule has 3 nitrogen and oxygen atoms in total. The summed E-state index contributed by atoms with van der Waals surface area (Å²) in [6.45, 7) is 4.79. The molecule has 2 heterocycles. The van der Waals surface area contributed by atoms with Crippen LogP contribution < -0.4 is 5.73 Å². The van der Waals surface area contributed by atoms with Crippen LogP contribution in [0.25, 0.3) is 0 Å². The normalized spacial score (nSPS) is 25.6. The average molecular weight is 295 g/mol. The van der Waals surface area contributed by atoms with Gasteiger partial charge in [0.1, 0.15) is 0 Å². The smallest absolute Gasteiger partial charge is 0.163 e. The second kappa shape index (κ2) is 6.38. The van der Waals surface area contributed by atoms with Gasteiger partial charge in [0.2, 0.25) is 0 Å². The third-order valence-electron chi connectivity index (χ3n) is 4.76. The Hall–Kier alpha value is -1.04. The summed E-state index contributed by atoms with van der Waals surface area (Å²) in [6, 6.07) is 4.37. The number of halogens is 2. The number of hydrogen-bond acceptors (Lipinski definition) is 3. The van der Waals surface area contributed by atoms with Gasteiger partial charge in [0.05, 0.1) is 0 Å². The number of nitrogens with zero attached hydrogens (tertiary/aromatic N) is 2. The van der Waals surface area contributed by atoms with Crippen molar-refractivity contribution in [2.75, 3.05) is 32.7 Å². The maximum atomic E-state index is 13.8. The summed E-state index contributed by atoms with van der Waals surface area (Å²) in [4.78, 5) is 4.84. The Morgan fingerprint density at radius 1 is 1.19 bits per heavy atom. The average Bonchev–Trinajstić information content (AvgIpc) is 2.50. The lowest BCUT2D eigenvalue weighted by Crippen LogP contribution is -2.55. The summed E-state index contributed by atoms with van der Waals surface area (Å²) in [7, 11) is 0. The molecule has 5 heteroatoms. The van der Waals surface area contributed by atoms with Crippen molar-refractivity contribution in [3.63, 3.8) is 0 Å². The molecule has 2 aliphatic heterocycles. The fourth-order valence-electron chi connectivity index (χ4n) is 3.57. The molecule has 0 aliphatic carbocycles. The van der Waals surface area contributed by atoms with E-state index >= 15 is 0 Å². The van der Waals surface area contributed by atoms with Gasteiger partial charge in [-0.2, -0.15) is 0 Å². The SMILES string of the molecule is NC(CN1CCN2CCCCC2C1)c1cccc(F)c1F. The van der Waals surface area contributed by atoms with Gasteiger partial charge >= 0.3 is 0 Å². The molecule has 2 aliphatic rings. The van der Waals surface area contributed by atoms with Crippen molar-refractivity contribution in [1.29, 1.82) is 0 Å². The Bertz CT molecular complexity index is 494. The summed E-state index contributed by atoms with van der Waals surface area (Å²) in [5.74, 6) is -1.62. The molecule has 0 radical (unpaired) electrons. The Morgan fingerprint density at radius 3 is 2.90 bits per heavy atom. The highest BCUT2D eigenvalue weighted by atomic mass is 19.2. The van der Waals surface area contributed by atoms with Gasteiger partial charge < -0.3 is 5.73 Å². The van der Waals surface area contributed by atoms with Crippen molar-refractivity contribution < 1.29 is 8.78 Å². The minimum Gasteiger partial charge on any atom is -0.323 e. The van der Waals surface area contributed by atoms with Gasteiger partial charge in [-0.3, -0.25) is 9.80 Å². The number of fused-ring (bicyclic) bond motifs is 1. The highest BCUT2D eigenvalue weighted by Gasteiger charge is 2.29. The molecule has 0 spiro atoms. The van der Waals surface area contributed by atoms with Crippen LogP contribution in [0.3, 0.4) is 0 Å². The van der Waals surface area contributed by atoms with Crippen molar-refractivity contribution in [2.24, 2.45) is 5.73 Å². The molecule has 1 aromatic carbocycles. The van der Waals surface area contributed by atoms with Crippen molar-refractivity contribution in [3.05, 3.63) is 35.4 Å². The van der Waals surface area contributed by atoms with E-state index in [0.29, 0.717) is 12.6 Å². The first-order valence-corrected chi connectivity index (χ1v) is 7.81. The van der Waals surface area contributed by atoms with Crippen LogP contribution in [0.2, 0.25) is 0 Å². The zero-order chi connectivity index (χ0) is 14.8. The summed E-state index contributed by atoms with van der Waals surface area (Å²) in [5, 5.41) is 0. The number of hydrogen-bond donors (Lipinski definition) is 1. The molecule has 2 atom stereocenters. The summed E-state index contributed by atoms with van der Waals surface area (Å²) in [6.07, 6.45) is 3.82. The molecule has 3 rings (SSSR count). The van der Waals surface area contributed by atoms with Gasteiger partial charge in [-0.25, -0.2) is 8.78 Å². The minimum absolute atomic E-state index is 0.279. The number of nitrogens with two attached hydrogens (primary N) is 1. The molecule has 1 aromatic rings. The topological polar surface area (TPSA) is 32.5 Å². The van der Waals surface area contributed by atoms with Crippen LogP contribution in [0, 0.1) is 11.6 Å². The molecule has 2 N–H and O–H groups in total. The second-order valence-corrected chi connectivity index (χ2v) is 6.19. The van der Waals surface area contributed by atoms with E-state index in [1.807, 2.05) is 0 Å². The zero-order valence-electron chi connectivity index (χ0n) is 12.3. The predicted molar refractivity (Wildman–Crippen MR) is 78.9 cm³/mol. The van der Waals surface area contributed by atoms with Crippen LogP contribution in [-0.2, 0) is 0 Å². The van der Waals surface area contributed by atoms with Crippen LogP contribution in [0.4, 0.5) is 8.78 Å². The van der Waals surface area contributed by atoms with Gasteiger partial charge in [0.15, 0.2) is 11.6 Å². The lowest BCUT2D eigenvalue weighted by atomic mass is 9.98. The quantitative estimate of drug-likeness (QED) is 0.927. The molecule has 0 amide bonds. The maximum Gasteiger partial charge on any atom is 0.163 e. The fraction of sp³-hybridized carbons (Fsp3) is 0.625. The van der Waals surface area contributed by atoms with Crippen molar-refractivity contribution in [2.45, 2.75) is 31.3 Å². The molecule has 0 bridgehead atoms. The van der Waals surface area contributed by atoms with Gasteiger partial charge in [-0.1, -0.05) is 18.6 Å².